The van der Waals surface area contributed by atoms with Gasteiger partial charge in [-0.15, -0.1) is 0 Å². The summed E-state index contributed by atoms with van der Waals surface area (Å²) >= 11 is 0. The van der Waals surface area contributed by atoms with E-state index < -0.39 is 28.9 Å². The summed E-state index contributed by atoms with van der Waals surface area (Å²) in [6, 6.07) is 10.3. The summed E-state index contributed by atoms with van der Waals surface area (Å²) < 4.78 is 77.9. The van der Waals surface area contributed by atoms with E-state index in [4.69, 9.17) is 9.47 Å². The molecule has 0 saturated carbocycles. The highest BCUT2D eigenvalue weighted by atomic mass is 19.4. The number of methoxy groups -OCH3 is 2. The van der Waals surface area contributed by atoms with Crippen molar-refractivity contribution in [1.29, 1.82) is 0 Å². The van der Waals surface area contributed by atoms with Gasteiger partial charge in [0.2, 0.25) is 0 Å². The Kier molecular flexibility index (Phi) is 6.42. The second-order valence-electron chi connectivity index (χ2n) is 8.47. The second kappa shape index (κ2) is 9.21. The highest BCUT2D eigenvalue weighted by molar-refractivity contribution is 5.63. The predicted molar refractivity (Wildman–Crippen MR) is 122 cm³/mol. The lowest BCUT2D eigenvalue weighted by atomic mass is 9.84. The molecule has 0 amide bonds. The molecular formula is C25H21F5N4O2. The van der Waals surface area contributed by atoms with Gasteiger partial charge in [0.05, 0.1) is 37.0 Å². The molecule has 0 saturated heterocycles. The molecule has 3 heterocycles. The summed E-state index contributed by atoms with van der Waals surface area (Å²) in [4.78, 5) is 9.14. The van der Waals surface area contributed by atoms with Crippen molar-refractivity contribution < 1.29 is 31.4 Å². The molecule has 4 rings (SSSR count). The molecule has 0 unspecified atom stereocenters. The first-order valence-electron chi connectivity index (χ1n) is 10.6. The average molecular weight is 504 g/mol. The number of hydrogen-bond donors (Lipinski definition) is 1. The maximum atomic E-state index is 14.5. The van der Waals surface area contributed by atoms with Crippen LogP contribution in [0.15, 0.2) is 48.5 Å². The van der Waals surface area contributed by atoms with Crippen LogP contribution in [0, 0.1) is 11.6 Å². The second-order valence-corrected chi connectivity index (χ2v) is 8.47. The number of alkyl halides is 3. The Hall–Kier alpha value is -4.02. The summed E-state index contributed by atoms with van der Waals surface area (Å²) in [6.45, 7) is 3.58. The van der Waals surface area contributed by atoms with Crippen molar-refractivity contribution >= 4 is 0 Å². The van der Waals surface area contributed by atoms with Gasteiger partial charge in [0, 0.05) is 41.3 Å². The average Bonchev–Trinajstić information content (AvgIpc) is 3.34. The molecule has 0 atom stereocenters. The van der Waals surface area contributed by atoms with Crippen LogP contribution in [0.25, 0.3) is 22.6 Å². The molecule has 1 aromatic carbocycles. The van der Waals surface area contributed by atoms with E-state index in [-0.39, 0.29) is 22.6 Å². The lowest BCUT2D eigenvalue weighted by Crippen LogP contribution is -2.23. The molecule has 4 aromatic rings. The zero-order valence-electron chi connectivity index (χ0n) is 19.7. The van der Waals surface area contributed by atoms with Gasteiger partial charge in [0.1, 0.15) is 34.5 Å². The molecule has 1 N–H and O–H groups in total. The largest absolute Gasteiger partial charge is 0.497 e. The van der Waals surface area contributed by atoms with Crippen LogP contribution in [0.4, 0.5) is 22.0 Å². The minimum atomic E-state index is -4.59. The minimum absolute atomic E-state index is 0.0223. The van der Waals surface area contributed by atoms with Crippen LogP contribution < -0.4 is 9.47 Å². The van der Waals surface area contributed by atoms with Gasteiger partial charge < -0.3 is 9.47 Å². The van der Waals surface area contributed by atoms with Crippen molar-refractivity contribution in [1.82, 2.24) is 20.2 Å². The molecule has 36 heavy (non-hydrogen) atoms. The highest BCUT2D eigenvalue weighted by Crippen LogP contribution is 2.37. The third-order valence-corrected chi connectivity index (χ3v) is 5.70. The Bertz CT molecular complexity index is 1420. The van der Waals surface area contributed by atoms with Crippen molar-refractivity contribution in [2.75, 3.05) is 14.2 Å². The number of ether oxygens (including phenoxy) is 2. The number of pyridine rings is 2. The first kappa shape index (κ1) is 25.1. The van der Waals surface area contributed by atoms with E-state index in [0.717, 1.165) is 18.2 Å². The fraction of sp³-hybridized carbons (Fsp3) is 0.240. The van der Waals surface area contributed by atoms with Crippen LogP contribution in [0.1, 0.15) is 30.9 Å². The van der Waals surface area contributed by atoms with Crippen LogP contribution in [-0.4, -0.2) is 34.4 Å². The van der Waals surface area contributed by atoms with Gasteiger partial charge in [-0.2, -0.15) is 18.3 Å². The first-order valence-corrected chi connectivity index (χ1v) is 10.6. The monoisotopic (exact) mass is 504 g/mol. The Morgan fingerprint density at radius 2 is 1.33 bits per heavy atom. The summed E-state index contributed by atoms with van der Waals surface area (Å²) in [5, 5.41) is 5.73. The smallest absolute Gasteiger partial charge is 0.432 e. The standard InChI is InChI=1S/C25H21F5N4O2/c1-24(2,21-10-14(35-3)8-18(31-21)16-6-5-13(26)7-17(16)27)22-11-15(36-4)9-19(32-22)20-12-23(34-33-20)25(28,29)30/h5-12H,1-4H3,(H,33,34). The molecular weight excluding hydrogens is 483 g/mol. The number of halogens is 5. The van der Waals surface area contributed by atoms with Gasteiger partial charge in [-0.05, 0) is 32.0 Å². The van der Waals surface area contributed by atoms with Crippen LogP contribution in [0.5, 0.6) is 11.5 Å². The van der Waals surface area contributed by atoms with Crippen molar-refractivity contribution in [3.63, 3.8) is 0 Å². The third-order valence-electron chi connectivity index (χ3n) is 5.70. The molecule has 0 fully saturated rings. The van der Waals surface area contributed by atoms with Crippen molar-refractivity contribution in [2.45, 2.75) is 25.4 Å². The molecule has 0 spiro atoms. The molecule has 0 radical (unpaired) electrons. The quantitative estimate of drug-likeness (QED) is 0.318. The Morgan fingerprint density at radius 3 is 1.86 bits per heavy atom. The number of nitrogens with one attached hydrogen (secondary N) is 1. The molecule has 11 heteroatoms. The van der Waals surface area contributed by atoms with E-state index >= 15 is 0 Å². The van der Waals surface area contributed by atoms with Crippen molar-refractivity contribution in [3.05, 3.63) is 77.2 Å². The molecule has 0 aliphatic rings. The molecule has 0 bridgehead atoms. The Labute approximate surface area is 203 Å². The van der Waals surface area contributed by atoms with Crippen LogP contribution >= 0.6 is 0 Å². The molecule has 3 aromatic heterocycles. The van der Waals surface area contributed by atoms with Gasteiger partial charge >= 0.3 is 6.18 Å². The number of hydrogen-bond acceptors (Lipinski definition) is 5. The van der Waals surface area contributed by atoms with E-state index in [1.807, 2.05) is 5.10 Å². The van der Waals surface area contributed by atoms with Crippen LogP contribution in [0.3, 0.4) is 0 Å². The Morgan fingerprint density at radius 1 is 0.750 bits per heavy atom. The predicted octanol–water partition coefficient (Wildman–Crippen LogP) is 6.17. The summed E-state index contributed by atoms with van der Waals surface area (Å²) in [5.41, 5.74) is -0.731. The van der Waals surface area contributed by atoms with Crippen LogP contribution in [-0.2, 0) is 11.6 Å². The SMILES string of the molecule is COc1cc(-c2cc(C(F)(F)F)[nH]n2)nc(C(C)(C)c2cc(OC)cc(-c3ccc(F)cc3F)n2)c1. The van der Waals surface area contributed by atoms with Gasteiger partial charge in [0.25, 0.3) is 0 Å². The number of H-pyrrole nitrogens is 1. The first-order chi connectivity index (χ1) is 16.9. The summed E-state index contributed by atoms with van der Waals surface area (Å²) in [7, 11) is 2.86. The lowest BCUT2D eigenvalue weighted by molar-refractivity contribution is -0.141. The van der Waals surface area contributed by atoms with Gasteiger partial charge in [-0.3, -0.25) is 10.1 Å². The number of nitrogens with zero attached hydrogens (tertiary/aromatic N) is 3. The van der Waals surface area contributed by atoms with E-state index in [1.54, 1.807) is 26.0 Å². The van der Waals surface area contributed by atoms with E-state index in [0.29, 0.717) is 22.9 Å². The Balaban J connectivity index is 1.84. The maximum absolute atomic E-state index is 14.5. The zero-order chi connectivity index (χ0) is 26.3. The molecule has 188 valence electrons. The molecule has 6 nitrogen and oxygen atoms in total. The maximum Gasteiger partial charge on any atom is 0.432 e. The van der Waals surface area contributed by atoms with E-state index in [9.17, 15) is 22.0 Å². The van der Waals surface area contributed by atoms with Gasteiger partial charge in [0.15, 0.2) is 0 Å². The summed E-state index contributed by atoms with van der Waals surface area (Å²) in [5.74, 6) is -0.801. The van der Waals surface area contributed by atoms with Crippen molar-refractivity contribution in [2.24, 2.45) is 0 Å². The normalized spacial score (nSPS) is 12.0. The lowest BCUT2D eigenvalue weighted by Gasteiger charge is -2.26. The highest BCUT2D eigenvalue weighted by Gasteiger charge is 2.34. The molecule has 0 aliphatic carbocycles. The van der Waals surface area contributed by atoms with Gasteiger partial charge in [-0.1, -0.05) is 0 Å². The van der Waals surface area contributed by atoms with Crippen molar-refractivity contribution in [3.8, 4) is 34.1 Å². The number of aromatic nitrogens is 4. The van der Waals surface area contributed by atoms with Crippen LogP contribution in [0.2, 0.25) is 0 Å². The fourth-order valence-electron chi connectivity index (χ4n) is 3.58. The third kappa shape index (κ3) is 4.86. The zero-order valence-corrected chi connectivity index (χ0v) is 19.7. The van der Waals surface area contributed by atoms with Gasteiger partial charge in [-0.25, -0.2) is 13.8 Å². The minimum Gasteiger partial charge on any atom is -0.497 e. The number of aromatic amines is 1. The fourth-order valence-corrected chi connectivity index (χ4v) is 3.58. The van der Waals surface area contributed by atoms with E-state index in [2.05, 4.69) is 15.1 Å². The summed E-state index contributed by atoms with van der Waals surface area (Å²) in [6.07, 6.45) is -4.59. The topological polar surface area (TPSA) is 72.9 Å². The number of rotatable bonds is 6. The molecule has 0 aliphatic heterocycles. The number of benzene rings is 1. The van der Waals surface area contributed by atoms with E-state index in [1.165, 1.54) is 32.4 Å².